The highest BCUT2D eigenvalue weighted by molar-refractivity contribution is 7.89. The van der Waals surface area contributed by atoms with Gasteiger partial charge in [-0.15, -0.1) is 0 Å². The van der Waals surface area contributed by atoms with Crippen LogP contribution in [0.5, 0.6) is 5.75 Å². The van der Waals surface area contributed by atoms with E-state index in [9.17, 15) is 8.42 Å². The van der Waals surface area contributed by atoms with E-state index < -0.39 is 10.0 Å². The van der Waals surface area contributed by atoms with Gasteiger partial charge >= 0.3 is 0 Å². The van der Waals surface area contributed by atoms with Crippen molar-refractivity contribution < 1.29 is 13.2 Å². The Morgan fingerprint density at radius 2 is 1.68 bits per heavy atom. The SMILES string of the molecule is O=S(=O)(CCOc1ccccc1)N1CCN(c2cccc(Cl)c2)CC1. The molecule has 0 unspecified atom stereocenters. The minimum Gasteiger partial charge on any atom is -0.492 e. The molecule has 0 radical (unpaired) electrons. The fourth-order valence-corrected chi connectivity index (χ4v) is 4.26. The van der Waals surface area contributed by atoms with Gasteiger partial charge in [0.1, 0.15) is 12.4 Å². The molecule has 0 aromatic heterocycles. The minimum absolute atomic E-state index is 0.0148. The summed E-state index contributed by atoms with van der Waals surface area (Å²) in [7, 11) is -3.31. The first-order valence-corrected chi connectivity index (χ1v) is 10.2. The number of rotatable bonds is 6. The predicted octanol–water partition coefficient (Wildman–Crippen LogP) is 2.87. The monoisotopic (exact) mass is 380 g/mol. The topological polar surface area (TPSA) is 49.9 Å². The van der Waals surface area contributed by atoms with Crippen molar-refractivity contribution in [2.45, 2.75) is 0 Å². The van der Waals surface area contributed by atoms with Crippen molar-refractivity contribution in [3.63, 3.8) is 0 Å². The van der Waals surface area contributed by atoms with E-state index in [1.165, 1.54) is 0 Å². The number of sulfonamides is 1. The zero-order valence-corrected chi connectivity index (χ0v) is 15.4. The maximum Gasteiger partial charge on any atom is 0.217 e. The van der Waals surface area contributed by atoms with E-state index in [1.807, 2.05) is 54.6 Å². The normalized spacial score (nSPS) is 16.0. The molecule has 0 bridgehead atoms. The Labute approximate surface area is 153 Å². The van der Waals surface area contributed by atoms with E-state index in [-0.39, 0.29) is 12.4 Å². The van der Waals surface area contributed by atoms with Gasteiger partial charge in [0.05, 0.1) is 5.75 Å². The van der Waals surface area contributed by atoms with E-state index >= 15 is 0 Å². The van der Waals surface area contributed by atoms with E-state index in [4.69, 9.17) is 16.3 Å². The molecule has 0 saturated carbocycles. The summed E-state index contributed by atoms with van der Waals surface area (Å²) in [5, 5.41) is 0.686. The molecule has 25 heavy (non-hydrogen) atoms. The number of piperazine rings is 1. The maximum absolute atomic E-state index is 12.5. The van der Waals surface area contributed by atoms with E-state index in [1.54, 1.807) is 4.31 Å². The van der Waals surface area contributed by atoms with Crippen LogP contribution in [0.4, 0.5) is 5.69 Å². The van der Waals surface area contributed by atoms with Gasteiger partial charge in [0.15, 0.2) is 0 Å². The van der Waals surface area contributed by atoms with Gasteiger partial charge in [-0.25, -0.2) is 8.42 Å². The van der Waals surface area contributed by atoms with Gasteiger partial charge in [-0.05, 0) is 30.3 Å². The van der Waals surface area contributed by atoms with E-state index in [0.717, 1.165) is 5.69 Å². The fourth-order valence-electron chi connectivity index (χ4n) is 2.81. The van der Waals surface area contributed by atoms with Crippen LogP contribution in [0.1, 0.15) is 0 Å². The highest BCUT2D eigenvalue weighted by atomic mass is 35.5. The molecule has 134 valence electrons. The number of nitrogens with zero attached hydrogens (tertiary/aromatic N) is 2. The first-order chi connectivity index (χ1) is 12.0. The van der Waals surface area contributed by atoms with Crippen molar-refractivity contribution in [3.05, 3.63) is 59.6 Å². The molecule has 1 fully saturated rings. The molecule has 5 nitrogen and oxygen atoms in total. The number of halogens is 1. The predicted molar refractivity (Wildman–Crippen MR) is 101 cm³/mol. The van der Waals surface area contributed by atoms with Crippen LogP contribution in [-0.2, 0) is 10.0 Å². The molecule has 1 heterocycles. The van der Waals surface area contributed by atoms with E-state index in [0.29, 0.717) is 37.0 Å². The summed E-state index contributed by atoms with van der Waals surface area (Å²) in [6.45, 7) is 2.40. The number of benzene rings is 2. The Morgan fingerprint density at radius 3 is 2.36 bits per heavy atom. The standard InChI is InChI=1S/C18H21ClN2O3S/c19-16-5-4-6-17(15-16)20-9-11-21(12-10-20)25(22,23)14-13-24-18-7-2-1-3-8-18/h1-8,15H,9-14H2. The fraction of sp³-hybridized carbons (Fsp3) is 0.333. The lowest BCUT2D eigenvalue weighted by atomic mass is 10.2. The van der Waals surface area contributed by atoms with Crippen LogP contribution >= 0.6 is 11.6 Å². The average molecular weight is 381 g/mol. The van der Waals surface area contributed by atoms with E-state index in [2.05, 4.69) is 4.90 Å². The molecule has 0 spiro atoms. The molecular formula is C18H21ClN2O3S. The number of hydrogen-bond donors (Lipinski definition) is 0. The third kappa shape index (κ3) is 4.87. The van der Waals surface area contributed by atoms with Crippen molar-refractivity contribution in [1.82, 2.24) is 4.31 Å². The second-order valence-corrected chi connectivity index (χ2v) is 8.37. The lowest BCUT2D eigenvalue weighted by molar-refractivity contribution is 0.331. The lowest BCUT2D eigenvalue weighted by Gasteiger charge is -2.35. The highest BCUT2D eigenvalue weighted by Gasteiger charge is 2.27. The summed E-state index contributed by atoms with van der Waals surface area (Å²) in [4.78, 5) is 2.15. The Kier molecular flexibility index (Phi) is 5.83. The summed E-state index contributed by atoms with van der Waals surface area (Å²) >= 11 is 6.03. The zero-order chi connectivity index (χ0) is 17.7. The Balaban J connectivity index is 1.51. The van der Waals surface area contributed by atoms with Crippen molar-refractivity contribution >= 4 is 27.3 Å². The number of anilines is 1. The number of hydrogen-bond acceptors (Lipinski definition) is 4. The first-order valence-electron chi connectivity index (χ1n) is 8.21. The molecule has 0 aliphatic carbocycles. The van der Waals surface area contributed by atoms with Crippen molar-refractivity contribution in [3.8, 4) is 5.75 Å². The van der Waals surface area contributed by atoms with Gasteiger partial charge in [0, 0.05) is 36.9 Å². The molecule has 3 rings (SSSR count). The maximum atomic E-state index is 12.5. The minimum atomic E-state index is -3.31. The molecular weight excluding hydrogens is 360 g/mol. The smallest absolute Gasteiger partial charge is 0.217 e. The average Bonchev–Trinajstić information content (AvgIpc) is 2.63. The molecule has 2 aromatic rings. The van der Waals surface area contributed by atoms with Crippen LogP contribution < -0.4 is 9.64 Å². The number of ether oxygens (including phenoxy) is 1. The molecule has 2 aromatic carbocycles. The third-order valence-electron chi connectivity index (χ3n) is 4.16. The van der Waals surface area contributed by atoms with Crippen LogP contribution in [0.25, 0.3) is 0 Å². The van der Waals surface area contributed by atoms with Gasteiger partial charge in [0.2, 0.25) is 10.0 Å². The van der Waals surface area contributed by atoms with Crippen molar-refractivity contribution in [2.24, 2.45) is 0 Å². The molecule has 0 amide bonds. The zero-order valence-electron chi connectivity index (χ0n) is 13.8. The van der Waals surface area contributed by atoms with Crippen LogP contribution in [0.2, 0.25) is 5.02 Å². The first kappa shape index (κ1) is 18.0. The largest absolute Gasteiger partial charge is 0.492 e. The molecule has 0 atom stereocenters. The molecule has 1 aliphatic heterocycles. The molecule has 1 aliphatic rings. The van der Waals surface area contributed by atoms with Gasteiger partial charge in [0.25, 0.3) is 0 Å². The Morgan fingerprint density at radius 1 is 0.960 bits per heavy atom. The highest BCUT2D eigenvalue weighted by Crippen LogP contribution is 2.21. The van der Waals surface area contributed by atoms with Gasteiger partial charge in [-0.3, -0.25) is 0 Å². The Hall–Kier alpha value is -1.76. The van der Waals surface area contributed by atoms with Crippen LogP contribution in [0.15, 0.2) is 54.6 Å². The van der Waals surface area contributed by atoms with Crippen molar-refractivity contribution in [2.75, 3.05) is 43.4 Å². The third-order valence-corrected chi connectivity index (χ3v) is 6.23. The molecule has 0 N–H and O–H groups in total. The number of para-hydroxylation sites is 1. The Bertz CT molecular complexity index is 791. The van der Waals surface area contributed by atoms with Gasteiger partial charge in [-0.1, -0.05) is 35.9 Å². The van der Waals surface area contributed by atoms with Gasteiger partial charge in [-0.2, -0.15) is 4.31 Å². The van der Waals surface area contributed by atoms with Gasteiger partial charge < -0.3 is 9.64 Å². The van der Waals surface area contributed by atoms with Crippen LogP contribution in [-0.4, -0.2) is 51.3 Å². The van der Waals surface area contributed by atoms with Crippen LogP contribution in [0.3, 0.4) is 0 Å². The summed E-state index contributed by atoms with van der Waals surface area (Å²) < 4.78 is 32.0. The summed E-state index contributed by atoms with van der Waals surface area (Å²) in [6, 6.07) is 16.9. The summed E-state index contributed by atoms with van der Waals surface area (Å²) in [6.07, 6.45) is 0. The summed E-state index contributed by atoms with van der Waals surface area (Å²) in [5.41, 5.74) is 1.02. The summed E-state index contributed by atoms with van der Waals surface area (Å²) in [5.74, 6) is 0.669. The second kappa shape index (κ2) is 8.08. The van der Waals surface area contributed by atoms with Crippen LogP contribution in [0, 0.1) is 0 Å². The van der Waals surface area contributed by atoms with Crippen molar-refractivity contribution in [1.29, 1.82) is 0 Å². The molecule has 1 saturated heterocycles. The molecule has 7 heteroatoms. The quantitative estimate of drug-likeness (QED) is 0.773. The lowest BCUT2D eigenvalue weighted by Crippen LogP contribution is -2.49. The second-order valence-electron chi connectivity index (χ2n) is 5.84.